The Labute approximate surface area is 166 Å². The molecule has 9 heteroatoms. The summed E-state index contributed by atoms with van der Waals surface area (Å²) in [5.74, 6) is 0. The minimum absolute atomic E-state index is 0.200. The molecule has 0 aliphatic heterocycles. The summed E-state index contributed by atoms with van der Waals surface area (Å²) in [6, 6.07) is 13.6. The van der Waals surface area contributed by atoms with Crippen molar-refractivity contribution in [2.75, 3.05) is 0 Å². The van der Waals surface area contributed by atoms with E-state index in [1.807, 2.05) is 0 Å². The van der Waals surface area contributed by atoms with Crippen LogP contribution >= 0.6 is 11.5 Å². The molecular formula is C20H14F3N3O2S. The molecule has 0 atom stereocenters. The van der Waals surface area contributed by atoms with Gasteiger partial charge in [-0.25, -0.2) is 9.36 Å². The van der Waals surface area contributed by atoms with Gasteiger partial charge in [0.25, 0.3) is 5.56 Å². The van der Waals surface area contributed by atoms with E-state index in [0.717, 1.165) is 20.3 Å². The minimum Gasteiger partial charge on any atom is -0.284 e. The number of benzene rings is 2. The number of fused-ring (bicyclic) bond motifs is 1. The number of rotatable bonds is 3. The molecule has 5 nitrogen and oxygen atoms in total. The van der Waals surface area contributed by atoms with Crippen LogP contribution in [0, 0.1) is 6.92 Å². The lowest BCUT2D eigenvalue weighted by molar-refractivity contribution is -0.144. The molecule has 2 heterocycles. The van der Waals surface area contributed by atoms with E-state index in [2.05, 4.69) is 4.37 Å². The molecule has 0 N–H and O–H groups in total. The number of halogens is 3. The van der Waals surface area contributed by atoms with Gasteiger partial charge in [-0.1, -0.05) is 30.3 Å². The number of alkyl halides is 3. The largest absolute Gasteiger partial charge is 0.431 e. The van der Waals surface area contributed by atoms with Gasteiger partial charge in [-0.15, -0.1) is 0 Å². The standard InChI is InChI=1S/C20H14F3N3O2S/c1-12-15-9-14(7-8-16(15)29-24-12)26-18(27)10-17(20(21,22)23)25(19(26)28)11-13-5-3-2-4-6-13/h2-10H,11H2,1H3. The van der Waals surface area contributed by atoms with E-state index in [0.29, 0.717) is 16.2 Å². The van der Waals surface area contributed by atoms with Crippen molar-refractivity contribution >= 4 is 21.6 Å². The highest BCUT2D eigenvalue weighted by Gasteiger charge is 2.36. The highest BCUT2D eigenvalue weighted by molar-refractivity contribution is 7.13. The number of aromatic nitrogens is 3. The van der Waals surface area contributed by atoms with Gasteiger partial charge < -0.3 is 0 Å². The third-order valence-electron chi connectivity index (χ3n) is 4.56. The monoisotopic (exact) mass is 417 g/mol. The smallest absolute Gasteiger partial charge is 0.284 e. The maximum atomic E-state index is 13.6. The first-order valence-electron chi connectivity index (χ1n) is 8.60. The van der Waals surface area contributed by atoms with Gasteiger partial charge in [-0.2, -0.15) is 17.5 Å². The maximum absolute atomic E-state index is 13.6. The lowest BCUT2D eigenvalue weighted by Crippen LogP contribution is -2.42. The first-order valence-corrected chi connectivity index (χ1v) is 9.37. The zero-order valence-corrected chi connectivity index (χ0v) is 15.9. The Hall–Kier alpha value is -3.20. The predicted molar refractivity (Wildman–Crippen MR) is 105 cm³/mol. The fraction of sp³-hybridized carbons (Fsp3) is 0.150. The highest BCUT2D eigenvalue weighted by atomic mass is 32.1. The van der Waals surface area contributed by atoms with Gasteiger partial charge in [0.2, 0.25) is 0 Å². The van der Waals surface area contributed by atoms with Crippen LogP contribution in [0.15, 0.2) is 64.2 Å². The van der Waals surface area contributed by atoms with Crippen molar-refractivity contribution in [3.05, 3.63) is 92.4 Å². The van der Waals surface area contributed by atoms with E-state index >= 15 is 0 Å². The second-order valence-electron chi connectivity index (χ2n) is 6.50. The predicted octanol–water partition coefficient (Wildman–Crippen LogP) is 3.98. The van der Waals surface area contributed by atoms with Crippen LogP contribution in [0.25, 0.3) is 15.8 Å². The first kappa shape index (κ1) is 19.1. The number of nitrogens with zero attached hydrogens (tertiary/aromatic N) is 3. The van der Waals surface area contributed by atoms with E-state index < -0.39 is 23.1 Å². The van der Waals surface area contributed by atoms with Crippen molar-refractivity contribution in [1.82, 2.24) is 13.5 Å². The first-order chi connectivity index (χ1) is 13.8. The van der Waals surface area contributed by atoms with E-state index in [1.54, 1.807) is 49.4 Å². The Balaban J connectivity index is 1.97. The molecule has 0 fully saturated rings. The summed E-state index contributed by atoms with van der Waals surface area (Å²) < 4.78 is 47.1. The van der Waals surface area contributed by atoms with Gasteiger partial charge in [-0.3, -0.25) is 9.36 Å². The van der Waals surface area contributed by atoms with E-state index in [9.17, 15) is 22.8 Å². The topological polar surface area (TPSA) is 56.9 Å². The molecule has 2 aromatic heterocycles. The fourth-order valence-electron chi connectivity index (χ4n) is 3.15. The van der Waals surface area contributed by atoms with Crippen molar-refractivity contribution in [2.45, 2.75) is 19.6 Å². The van der Waals surface area contributed by atoms with Crippen molar-refractivity contribution < 1.29 is 13.2 Å². The molecule has 4 rings (SSSR count). The molecule has 0 saturated heterocycles. The zero-order chi connectivity index (χ0) is 20.8. The van der Waals surface area contributed by atoms with Gasteiger partial charge in [0.05, 0.1) is 22.6 Å². The van der Waals surface area contributed by atoms with E-state index in [1.165, 1.54) is 17.6 Å². The summed E-state index contributed by atoms with van der Waals surface area (Å²) in [4.78, 5) is 25.5. The van der Waals surface area contributed by atoms with Crippen LogP contribution < -0.4 is 11.2 Å². The Morgan fingerprint density at radius 3 is 2.45 bits per heavy atom. The molecule has 0 bridgehead atoms. The average molecular weight is 417 g/mol. The molecule has 0 aliphatic carbocycles. The normalized spacial score (nSPS) is 11.9. The SMILES string of the molecule is Cc1nsc2ccc(-n3c(=O)cc(C(F)(F)F)n(Cc4ccccc4)c3=O)cc12. The molecular weight excluding hydrogens is 403 g/mol. The summed E-state index contributed by atoms with van der Waals surface area (Å²) in [6.07, 6.45) is -4.84. The van der Waals surface area contributed by atoms with Gasteiger partial charge in [0, 0.05) is 11.5 Å². The Morgan fingerprint density at radius 1 is 1.03 bits per heavy atom. The van der Waals surface area contributed by atoms with Gasteiger partial charge in [0.1, 0.15) is 5.69 Å². The van der Waals surface area contributed by atoms with Crippen LogP contribution in [-0.4, -0.2) is 13.5 Å². The van der Waals surface area contributed by atoms with Gasteiger partial charge >= 0.3 is 11.9 Å². The van der Waals surface area contributed by atoms with Crippen molar-refractivity contribution in [3.8, 4) is 5.69 Å². The summed E-state index contributed by atoms with van der Waals surface area (Å²) in [7, 11) is 0. The van der Waals surface area contributed by atoms with Crippen LogP contribution in [0.4, 0.5) is 13.2 Å². The summed E-state index contributed by atoms with van der Waals surface area (Å²) in [5, 5.41) is 0.744. The summed E-state index contributed by atoms with van der Waals surface area (Å²) in [6.45, 7) is 1.47. The van der Waals surface area contributed by atoms with Crippen LogP contribution in [0.1, 0.15) is 17.0 Å². The van der Waals surface area contributed by atoms with E-state index in [-0.39, 0.29) is 12.2 Å². The van der Waals surface area contributed by atoms with Crippen molar-refractivity contribution in [3.63, 3.8) is 0 Å². The Morgan fingerprint density at radius 2 is 1.76 bits per heavy atom. The Bertz CT molecular complexity index is 1320. The van der Waals surface area contributed by atoms with Crippen LogP contribution in [0.3, 0.4) is 0 Å². The molecule has 29 heavy (non-hydrogen) atoms. The second kappa shape index (κ2) is 7.00. The van der Waals surface area contributed by atoms with Crippen molar-refractivity contribution in [2.24, 2.45) is 0 Å². The Kier molecular flexibility index (Phi) is 4.62. The minimum atomic E-state index is -4.84. The molecule has 0 amide bonds. The van der Waals surface area contributed by atoms with E-state index in [4.69, 9.17) is 0 Å². The molecule has 0 saturated carbocycles. The molecule has 0 aliphatic rings. The molecule has 0 unspecified atom stereocenters. The summed E-state index contributed by atoms with van der Waals surface area (Å²) in [5.41, 5.74) is -1.93. The third-order valence-corrected chi connectivity index (χ3v) is 5.48. The van der Waals surface area contributed by atoms with Gasteiger partial charge in [-0.05, 0) is 42.2 Å². The molecule has 4 aromatic rings. The third kappa shape index (κ3) is 3.49. The number of hydrogen-bond donors (Lipinski definition) is 0. The second-order valence-corrected chi connectivity index (χ2v) is 7.31. The molecule has 0 radical (unpaired) electrons. The molecule has 148 valence electrons. The lowest BCUT2D eigenvalue weighted by Gasteiger charge is -2.17. The molecule has 0 spiro atoms. The summed E-state index contributed by atoms with van der Waals surface area (Å²) >= 11 is 1.27. The maximum Gasteiger partial charge on any atom is 0.431 e. The lowest BCUT2D eigenvalue weighted by atomic mass is 10.2. The van der Waals surface area contributed by atoms with Gasteiger partial charge in [0.15, 0.2) is 0 Å². The zero-order valence-electron chi connectivity index (χ0n) is 15.1. The molecule has 2 aromatic carbocycles. The fourth-order valence-corrected chi connectivity index (χ4v) is 3.92. The highest BCUT2D eigenvalue weighted by Crippen LogP contribution is 2.28. The van der Waals surface area contributed by atoms with Crippen LogP contribution in [0.5, 0.6) is 0 Å². The van der Waals surface area contributed by atoms with Crippen LogP contribution in [0.2, 0.25) is 0 Å². The van der Waals surface area contributed by atoms with Crippen molar-refractivity contribution in [1.29, 1.82) is 0 Å². The number of aryl methyl sites for hydroxylation is 1. The number of hydrogen-bond acceptors (Lipinski definition) is 4. The quantitative estimate of drug-likeness (QED) is 0.507. The average Bonchev–Trinajstić information content (AvgIpc) is 3.04. The van der Waals surface area contributed by atoms with Crippen LogP contribution in [-0.2, 0) is 12.7 Å².